The second kappa shape index (κ2) is 5.64. The first-order valence-electron chi connectivity index (χ1n) is 6.21. The van der Waals surface area contributed by atoms with Crippen molar-refractivity contribution >= 4 is 5.91 Å². The molecule has 0 bridgehead atoms. The quantitative estimate of drug-likeness (QED) is 0.698. The molecule has 2 unspecified atom stereocenters. The van der Waals surface area contributed by atoms with Crippen molar-refractivity contribution < 1.29 is 9.53 Å². The maximum atomic E-state index is 12.2. The van der Waals surface area contributed by atoms with Gasteiger partial charge in [-0.1, -0.05) is 6.92 Å². The topological polar surface area (TPSA) is 41.6 Å². The predicted molar refractivity (Wildman–Crippen MR) is 64.1 cm³/mol. The number of ether oxygens (including phenoxy) is 1. The fourth-order valence-electron chi connectivity index (χ4n) is 2.12. The summed E-state index contributed by atoms with van der Waals surface area (Å²) in [4.78, 5) is 14.1. The Morgan fingerprint density at radius 3 is 2.69 bits per heavy atom. The van der Waals surface area contributed by atoms with Crippen molar-refractivity contribution in [1.82, 2.24) is 10.2 Å². The van der Waals surface area contributed by atoms with E-state index < -0.39 is 0 Å². The Morgan fingerprint density at radius 1 is 1.50 bits per heavy atom. The van der Waals surface area contributed by atoms with Gasteiger partial charge in [-0.2, -0.15) is 0 Å². The number of hydrogen-bond donors (Lipinski definition) is 1. The number of nitrogens with zero attached hydrogens (tertiary/aromatic N) is 1. The number of carbonyl (C=O) groups excluding carboxylic acids is 1. The average molecular weight is 228 g/mol. The lowest BCUT2D eigenvalue weighted by atomic mass is 9.99. The molecule has 94 valence electrons. The molecule has 1 rings (SSSR count). The van der Waals surface area contributed by atoms with E-state index in [2.05, 4.69) is 5.32 Å². The first-order chi connectivity index (χ1) is 7.55. The van der Waals surface area contributed by atoms with Gasteiger partial charge in [0.05, 0.1) is 11.7 Å². The van der Waals surface area contributed by atoms with E-state index >= 15 is 0 Å². The van der Waals surface area contributed by atoms with Crippen LogP contribution in [0.5, 0.6) is 0 Å². The Kier molecular flexibility index (Phi) is 4.74. The second-order valence-corrected chi connectivity index (χ2v) is 4.55. The standard InChI is InChI=1S/C12H24N2O2/c1-5-12(4)11(15)14(10(3)13-12)8-7-9-16-6-2/h10,13H,5-9H2,1-4H3. The van der Waals surface area contributed by atoms with E-state index in [9.17, 15) is 4.79 Å². The highest BCUT2D eigenvalue weighted by Crippen LogP contribution is 2.23. The van der Waals surface area contributed by atoms with Gasteiger partial charge in [0.25, 0.3) is 0 Å². The van der Waals surface area contributed by atoms with Crippen LogP contribution in [-0.2, 0) is 9.53 Å². The molecule has 1 N–H and O–H groups in total. The molecule has 0 saturated carbocycles. The van der Waals surface area contributed by atoms with Crippen molar-refractivity contribution in [2.24, 2.45) is 0 Å². The van der Waals surface area contributed by atoms with Gasteiger partial charge in [0.2, 0.25) is 5.91 Å². The number of carbonyl (C=O) groups is 1. The van der Waals surface area contributed by atoms with Crippen molar-refractivity contribution in [2.75, 3.05) is 19.8 Å². The van der Waals surface area contributed by atoms with E-state index in [0.717, 1.165) is 32.6 Å². The first-order valence-corrected chi connectivity index (χ1v) is 6.21. The zero-order chi connectivity index (χ0) is 12.2. The molecule has 1 aliphatic heterocycles. The van der Waals surface area contributed by atoms with Crippen LogP contribution in [0.1, 0.15) is 40.5 Å². The van der Waals surface area contributed by atoms with E-state index in [0.29, 0.717) is 0 Å². The lowest BCUT2D eigenvalue weighted by Gasteiger charge is -2.21. The summed E-state index contributed by atoms with van der Waals surface area (Å²) in [5.74, 6) is 0.221. The third-order valence-corrected chi connectivity index (χ3v) is 3.33. The summed E-state index contributed by atoms with van der Waals surface area (Å²) in [7, 11) is 0. The highest BCUT2D eigenvalue weighted by molar-refractivity contribution is 5.88. The fraction of sp³-hybridized carbons (Fsp3) is 0.917. The van der Waals surface area contributed by atoms with E-state index in [-0.39, 0.29) is 17.6 Å². The van der Waals surface area contributed by atoms with Crippen LogP contribution in [0.3, 0.4) is 0 Å². The van der Waals surface area contributed by atoms with Crippen LogP contribution in [0.4, 0.5) is 0 Å². The lowest BCUT2D eigenvalue weighted by Crippen LogP contribution is -2.43. The maximum Gasteiger partial charge on any atom is 0.243 e. The minimum atomic E-state index is -0.370. The second-order valence-electron chi connectivity index (χ2n) is 4.55. The van der Waals surface area contributed by atoms with Gasteiger partial charge in [-0.25, -0.2) is 0 Å². The number of nitrogens with one attached hydrogen (secondary N) is 1. The monoisotopic (exact) mass is 228 g/mol. The minimum absolute atomic E-state index is 0.138. The third kappa shape index (κ3) is 2.74. The van der Waals surface area contributed by atoms with Crippen LogP contribution in [0.15, 0.2) is 0 Å². The smallest absolute Gasteiger partial charge is 0.243 e. The molecule has 1 saturated heterocycles. The van der Waals surface area contributed by atoms with Crippen LogP contribution in [0, 0.1) is 0 Å². The van der Waals surface area contributed by atoms with Crippen molar-refractivity contribution in [2.45, 2.75) is 52.2 Å². The molecule has 4 heteroatoms. The zero-order valence-corrected chi connectivity index (χ0v) is 10.9. The summed E-state index contributed by atoms with van der Waals surface area (Å²) < 4.78 is 5.28. The van der Waals surface area contributed by atoms with Gasteiger partial charge < -0.3 is 9.64 Å². The Labute approximate surface area is 98.3 Å². The molecule has 0 aliphatic carbocycles. The van der Waals surface area contributed by atoms with Gasteiger partial charge in [0.1, 0.15) is 0 Å². The summed E-state index contributed by atoms with van der Waals surface area (Å²) in [5.41, 5.74) is -0.370. The molecule has 1 aliphatic rings. The molecule has 1 heterocycles. The number of amides is 1. The van der Waals surface area contributed by atoms with Gasteiger partial charge in [-0.15, -0.1) is 0 Å². The summed E-state index contributed by atoms with van der Waals surface area (Å²) in [6.45, 7) is 10.3. The Hall–Kier alpha value is -0.610. The minimum Gasteiger partial charge on any atom is -0.382 e. The summed E-state index contributed by atoms with van der Waals surface area (Å²) in [6, 6.07) is 0. The summed E-state index contributed by atoms with van der Waals surface area (Å²) >= 11 is 0. The van der Waals surface area contributed by atoms with Gasteiger partial charge in [-0.05, 0) is 33.6 Å². The highest BCUT2D eigenvalue weighted by Gasteiger charge is 2.44. The molecule has 2 atom stereocenters. The van der Waals surface area contributed by atoms with Crippen molar-refractivity contribution in [3.8, 4) is 0 Å². The van der Waals surface area contributed by atoms with Crippen molar-refractivity contribution in [1.29, 1.82) is 0 Å². The number of rotatable bonds is 6. The van der Waals surface area contributed by atoms with Crippen LogP contribution >= 0.6 is 0 Å². The van der Waals surface area contributed by atoms with Crippen molar-refractivity contribution in [3.63, 3.8) is 0 Å². The van der Waals surface area contributed by atoms with E-state index in [4.69, 9.17) is 4.74 Å². The van der Waals surface area contributed by atoms with Gasteiger partial charge in [0.15, 0.2) is 0 Å². The van der Waals surface area contributed by atoms with Crippen molar-refractivity contribution in [3.05, 3.63) is 0 Å². The molecule has 16 heavy (non-hydrogen) atoms. The van der Waals surface area contributed by atoms with Crippen LogP contribution < -0.4 is 5.32 Å². The Bertz CT molecular complexity index is 245. The maximum absolute atomic E-state index is 12.2. The first kappa shape index (κ1) is 13.5. The van der Waals surface area contributed by atoms with Crippen LogP contribution in [0.25, 0.3) is 0 Å². The largest absolute Gasteiger partial charge is 0.382 e. The molecular weight excluding hydrogens is 204 g/mol. The molecule has 0 aromatic carbocycles. The normalized spacial score (nSPS) is 30.1. The molecule has 0 aromatic rings. The molecule has 0 spiro atoms. The van der Waals surface area contributed by atoms with E-state index in [1.807, 2.05) is 32.6 Å². The highest BCUT2D eigenvalue weighted by atomic mass is 16.5. The summed E-state index contributed by atoms with van der Waals surface area (Å²) in [5, 5.41) is 3.36. The number of hydrogen-bond acceptors (Lipinski definition) is 3. The molecule has 0 aromatic heterocycles. The van der Waals surface area contributed by atoms with E-state index in [1.165, 1.54) is 0 Å². The molecule has 1 amide bonds. The lowest BCUT2D eigenvalue weighted by molar-refractivity contribution is -0.133. The molecule has 0 radical (unpaired) electrons. The Morgan fingerprint density at radius 2 is 2.19 bits per heavy atom. The predicted octanol–water partition coefficient (Wildman–Crippen LogP) is 1.36. The zero-order valence-electron chi connectivity index (χ0n) is 10.9. The van der Waals surface area contributed by atoms with Gasteiger partial charge >= 0.3 is 0 Å². The average Bonchev–Trinajstić information content (AvgIpc) is 2.48. The molecule has 1 fully saturated rings. The van der Waals surface area contributed by atoms with Gasteiger partial charge in [0, 0.05) is 19.8 Å². The molecule has 4 nitrogen and oxygen atoms in total. The van der Waals surface area contributed by atoms with Crippen LogP contribution in [0.2, 0.25) is 0 Å². The van der Waals surface area contributed by atoms with Gasteiger partial charge in [-0.3, -0.25) is 10.1 Å². The third-order valence-electron chi connectivity index (χ3n) is 3.33. The van der Waals surface area contributed by atoms with Crippen LogP contribution in [-0.4, -0.2) is 42.3 Å². The molecular formula is C12H24N2O2. The van der Waals surface area contributed by atoms with E-state index in [1.54, 1.807) is 0 Å². The SMILES string of the molecule is CCOCCCN1C(=O)C(C)(CC)NC1C. The Balaban J connectivity index is 2.45. The summed E-state index contributed by atoms with van der Waals surface area (Å²) in [6.07, 6.45) is 1.88. The fourth-order valence-corrected chi connectivity index (χ4v) is 2.12.